The van der Waals surface area contributed by atoms with E-state index in [1.807, 2.05) is 49.6 Å². The highest BCUT2D eigenvalue weighted by atomic mass is 16.5. The molecular formula is C25H31N5O3. The van der Waals surface area contributed by atoms with Gasteiger partial charge in [-0.25, -0.2) is 9.78 Å². The number of pyridine rings is 2. The number of anilines is 3. The van der Waals surface area contributed by atoms with Crippen LogP contribution >= 0.6 is 0 Å². The first-order valence-electron chi connectivity index (χ1n) is 11.3. The molecule has 0 atom stereocenters. The molecule has 1 aliphatic rings. The van der Waals surface area contributed by atoms with Gasteiger partial charge in [-0.15, -0.1) is 0 Å². The lowest BCUT2D eigenvalue weighted by Gasteiger charge is -2.37. The Bertz CT molecular complexity index is 1220. The number of fused-ring (bicyclic) bond motifs is 1. The van der Waals surface area contributed by atoms with Crippen molar-refractivity contribution in [1.29, 1.82) is 0 Å². The van der Waals surface area contributed by atoms with Crippen LogP contribution in [-0.2, 0) is 10.3 Å². The quantitative estimate of drug-likeness (QED) is 0.483. The number of nitrogen functional groups attached to an aromatic ring is 1. The summed E-state index contributed by atoms with van der Waals surface area (Å²) in [6.07, 6.45) is 3.42. The number of piperazine rings is 1. The van der Waals surface area contributed by atoms with Crippen molar-refractivity contribution in [2.45, 2.75) is 33.2 Å². The summed E-state index contributed by atoms with van der Waals surface area (Å²) in [6.45, 7) is 11.2. The summed E-state index contributed by atoms with van der Waals surface area (Å²) in [6, 6.07) is 9.60. The Morgan fingerprint density at radius 3 is 2.42 bits per heavy atom. The highest BCUT2D eigenvalue weighted by Gasteiger charge is 2.25. The van der Waals surface area contributed by atoms with Crippen LogP contribution in [0.15, 0.2) is 47.5 Å². The van der Waals surface area contributed by atoms with Crippen LogP contribution in [0.3, 0.4) is 0 Å². The van der Waals surface area contributed by atoms with Crippen LogP contribution in [0.25, 0.3) is 10.9 Å². The summed E-state index contributed by atoms with van der Waals surface area (Å²) in [5, 5.41) is 0.420. The predicted octanol–water partition coefficient (Wildman–Crippen LogP) is 3.24. The zero-order valence-electron chi connectivity index (χ0n) is 19.7. The Hall–Kier alpha value is -3.55. The van der Waals surface area contributed by atoms with Gasteiger partial charge in [-0.2, -0.15) is 0 Å². The molecule has 0 saturated carbocycles. The zero-order chi connectivity index (χ0) is 23.8. The maximum atomic E-state index is 13.2. The van der Waals surface area contributed by atoms with Gasteiger partial charge in [-0.3, -0.25) is 4.79 Å². The third-order valence-corrected chi connectivity index (χ3v) is 5.96. The number of esters is 1. The topological polar surface area (TPSA) is 93.7 Å². The predicted molar refractivity (Wildman–Crippen MR) is 132 cm³/mol. The standard InChI is InChI=1S/C25H31N5O3/c1-5-33-24(32)18-16-30(25(2,3)4)20-15-21(19(26)14-17(20)23(18)31)28-10-12-29(13-11-28)22-8-6-7-9-27-22/h6-9,14-16H,5,10-13,26H2,1-4H3. The van der Waals surface area contributed by atoms with Gasteiger partial charge in [0.05, 0.1) is 23.5 Å². The molecule has 1 saturated heterocycles. The van der Waals surface area contributed by atoms with Gasteiger partial charge in [0.15, 0.2) is 0 Å². The van der Waals surface area contributed by atoms with Crippen molar-refractivity contribution in [1.82, 2.24) is 9.55 Å². The molecule has 2 aromatic heterocycles. The van der Waals surface area contributed by atoms with Crippen molar-refractivity contribution in [2.24, 2.45) is 0 Å². The summed E-state index contributed by atoms with van der Waals surface area (Å²) in [5.41, 5.74) is 7.91. The van der Waals surface area contributed by atoms with Gasteiger partial charge in [0.25, 0.3) is 0 Å². The van der Waals surface area contributed by atoms with E-state index in [0.29, 0.717) is 11.1 Å². The van der Waals surface area contributed by atoms with E-state index in [1.54, 1.807) is 25.4 Å². The third-order valence-electron chi connectivity index (χ3n) is 5.96. The van der Waals surface area contributed by atoms with Crippen molar-refractivity contribution < 1.29 is 9.53 Å². The highest BCUT2D eigenvalue weighted by Crippen LogP contribution is 2.32. The summed E-state index contributed by atoms with van der Waals surface area (Å²) in [4.78, 5) is 34.6. The van der Waals surface area contributed by atoms with Crippen LogP contribution in [0, 0.1) is 0 Å². The molecule has 174 valence electrons. The number of aromatic nitrogens is 2. The zero-order valence-corrected chi connectivity index (χ0v) is 19.7. The van der Waals surface area contributed by atoms with E-state index in [1.165, 1.54) is 0 Å². The second-order valence-electron chi connectivity index (χ2n) is 9.22. The van der Waals surface area contributed by atoms with Gasteiger partial charge in [-0.1, -0.05) is 6.07 Å². The van der Waals surface area contributed by atoms with E-state index in [0.717, 1.165) is 43.2 Å². The van der Waals surface area contributed by atoms with E-state index in [-0.39, 0.29) is 23.1 Å². The van der Waals surface area contributed by atoms with Crippen molar-refractivity contribution in [3.05, 3.63) is 58.5 Å². The Morgan fingerprint density at radius 2 is 1.82 bits per heavy atom. The minimum Gasteiger partial charge on any atom is -0.462 e. The molecule has 0 amide bonds. The molecule has 2 N–H and O–H groups in total. The molecule has 3 aromatic rings. The molecule has 33 heavy (non-hydrogen) atoms. The highest BCUT2D eigenvalue weighted by molar-refractivity contribution is 5.96. The minimum absolute atomic E-state index is 0.0235. The first kappa shape index (κ1) is 22.6. The van der Waals surface area contributed by atoms with E-state index in [2.05, 4.69) is 14.8 Å². The third kappa shape index (κ3) is 4.37. The molecule has 1 fully saturated rings. The smallest absolute Gasteiger partial charge is 0.343 e. The molecule has 8 nitrogen and oxygen atoms in total. The fraction of sp³-hybridized carbons (Fsp3) is 0.400. The number of rotatable bonds is 4. The second kappa shape index (κ2) is 8.77. The summed E-state index contributed by atoms with van der Waals surface area (Å²) in [7, 11) is 0. The van der Waals surface area contributed by atoms with Gasteiger partial charge in [-0.05, 0) is 52.0 Å². The summed E-state index contributed by atoms with van der Waals surface area (Å²) >= 11 is 0. The van der Waals surface area contributed by atoms with Crippen molar-refractivity contribution in [3.8, 4) is 0 Å². The van der Waals surface area contributed by atoms with E-state index in [4.69, 9.17) is 10.5 Å². The van der Waals surface area contributed by atoms with Gasteiger partial charge >= 0.3 is 5.97 Å². The SMILES string of the molecule is CCOC(=O)c1cn(C(C)(C)C)c2cc(N3CCN(c4ccccn4)CC3)c(N)cc2c1=O. The molecule has 8 heteroatoms. The van der Waals surface area contributed by atoms with E-state index >= 15 is 0 Å². The number of ether oxygens (including phenoxy) is 1. The van der Waals surface area contributed by atoms with Crippen LogP contribution < -0.4 is 21.0 Å². The van der Waals surface area contributed by atoms with Gasteiger partial charge < -0.3 is 24.8 Å². The Labute approximate surface area is 193 Å². The van der Waals surface area contributed by atoms with Gasteiger partial charge in [0, 0.05) is 49.5 Å². The number of carbonyl (C=O) groups is 1. The maximum Gasteiger partial charge on any atom is 0.343 e. The molecule has 0 unspecified atom stereocenters. The van der Waals surface area contributed by atoms with Crippen LogP contribution in [0.1, 0.15) is 38.1 Å². The number of hydrogen-bond donors (Lipinski definition) is 1. The molecule has 0 bridgehead atoms. The number of carbonyl (C=O) groups excluding carboxylic acids is 1. The molecule has 1 aromatic carbocycles. The van der Waals surface area contributed by atoms with Gasteiger partial charge in [0.2, 0.25) is 5.43 Å². The van der Waals surface area contributed by atoms with Crippen molar-refractivity contribution >= 4 is 34.1 Å². The van der Waals surface area contributed by atoms with Crippen LogP contribution in [0.2, 0.25) is 0 Å². The monoisotopic (exact) mass is 449 g/mol. The fourth-order valence-electron chi connectivity index (χ4n) is 4.28. The maximum absolute atomic E-state index is 13.2. The fourth-order valence-corrected chi connectivity index (χ4v) is 4.28. The summed E-state index contributed by atoms with van der Waals surface area (Å²) < 4.78 is 7.08. The molecule has 0 aliphatic carbocycles. The van der Waals surface area contributed by atoms with Crippen LogP contribution in [0.4, 0.5) is 17.2 Å². The van der Waals surface area contributed by atoms with Crippen molar-refractivity contribution in [3.63, 3.8) is 0 Å². The first-order chi connectivity index (χ1) is 15.7. The average molecular weight is 450 g/mol. The number of hydrogen-bond acceptors (Lipinski definition) is 7. The Balaban J connectivity index is 1.74. The Kier molecular flexibility index (Phi) is 6.01. The first-order valence-corrected chi connectivity index (χ1v) is 11.3. The van der Waals surface area contributed by atoms with Crippen LogP contribution in [0.5, 0.6) is 0 Å². The molecule has 3 heterocycles. The molecule has 0 spiro atoms. The van der Waals surface area contributed by atoms with E-state index in [9.17, 15) is 9.59 Å². The molecular weight excluding hydrogens is 418 g/mol. The molecule has 1 aliphatic heterocycles. The number of benzene rings is 1. The lowest BCUT2D eigenvalue weighted by Crippen LogP contribution is -2.47. The normalized spacial score (nSPS) is 14.5. The Morgan fingerprint density at radius 1 is 1.12 bits per heavy atom. The molecule has 0 radical (unpaired) electrons. The van der Waals surface area contributed by atoms with Crippen LogP contribution in [-0.4, -0.2) is 48.3 Å². The lowest BCUT2D eigenvalue weighted by atomic mass is 10.0. The lowest BCUT2D eigenvalue weighted by molar-refractivity contribution is 0.0524. The van der Waals surface area contributed by atoms with Crippen molar-refractivity contribution in [2.75, 3.05) is 48.3 Å². The van der Waals surface area contributed by atoms with Gasteiger partial charge in [0.1, 0.15) is 11.4 Å². The minimum atomic E-state index is -0.615. The average Bonchev–Trinajstić information content (AvgIpc) is 2.79. The molecule has 4 rings (SSSR count). The number of nitrogens with zero attached hydrogens (tertiary/aromatic N) is 4. The second-order valence-corrected chi connectivity index (χ2v) is 9.22. The largest absolute Gasteiger partial charge is 0.462 e. The summed E-state index contributed by atoms with van der Waals surface area (Å²) in [5.74, 6) is 0.354. The number of nitrogens with two attached hydrogens (primary N) is 1. The van der Waals surface area contributed by atoms with E-state index < -0.39 is 5.97 Å².